The van der Waals surface area contributed by atoms with Gasteiger partial charge in [-0.2, -0.15) is 0 Å². The lowest BCUT2D eigenvalue weighted by Crippen LogP contribution is -1.93. The third-order valence-electron chi connectivity index (χ3n) is 12.5. The molecule has 4 heteroatoms. The maximum atomic E-state index is 6.15. The minimum absolute atomic E-state index is 0.877. The number of benzene rings is 9. The fourth-order valence-corrected chi connectivity index (χ4v) is 9.79. The minimum Gasteiger partial charge on any atom is -0.462 e. The van der Waals surface area contributed by atoms with Crippen molar-refractivity contribution in [3.05, 3.63) is 213 Å². The molecule has 0 aliphatic heterocycles. The largest absolute Gasteiger partial charge is 0.462 e. The predicted octanol–water partition coefficient (Wildman–Crippen LogP) is 15.1. The lowest BCUT2D eigenvalue weighted by atomic mass is 9.98. The molecule has 13 rings (SSSR count). The zero-order valence-electron chi connectivity index (χ0n) is 32.5. The Bertz CT molecular complexity index is 3610. The van der Waals surface area contributed by atoms with Crippen LogP contribution in [0.4, 0.5) is 0 Å². The van der Waals surface area contributed by atoms with Crippen molar-refractivity contribution < 1.29 is 4.42 Å². The highest BCUT2D eigenvalue weighted by atomic mass is 16.3. The molecule has 4 nitrogen and oxygen atoms in total. The quantitative estimate of drug-likeness (QED) is 0.171. The predicted molar refractivity (Wildman–Crippen MR) is 250 cm³/mol. The van der Waals surface area contributed by atoms with Crippen LogP contribution in [-0.2, 0) is 0 Å². The highest BCUT2D eigenvalue weighted by Gasteiger charge is 2.20. The van der Waals surface area contributed by atoms with Gasteiger partial charge in [0.25, 0.3) is 0 Å². The highest BCUT2D eigenvalue weighted by Crippen LogP contribution is 2.42. The van der Waals surface area contributed by atoms with Crippen LogP contribution in [0.3, 0.4) is 0 Å². The van der Waals surface area contributed by atoms with E-state index >= 15 is 0 Å². The first-order valence-corrected chi connectivity index (χ1v) is 20.5. The van der Waals surface area contributed by atoms with Crippen LogP contribution in [0.1, 0.15) is 0 Å². The summed E-state index contributed by atoms with van der Waals surface area (Å²) >= 11 is 0. The van der Waals surface area contributed by atoms with E-state index in [1.807, 2.05) is 18.4 Å². The Morgan fingerprint density at radius 2 is 0.617 bits per heavy atom. The lowest BCUT2D eigenvalue weighted by molar-refractivity contribution is 0.614. The molecule has 9 aromatic carbocycles. The van der Waals surface area contributed by atoms with Crippen molar-refractivity contribution in [3.63, 3.8) is 0 Å². The average Bonchev–Trinajstić information content (AvgIpc) is 4.07. The number of fused-ring (bicyclic) bond motifs is 10. The molecule has 0 aliphatic carbocycles. The zero-order valence-corrected chi connectivity index (χ0v) is 32.5. The first kappa shape index (κ1) is 32.9. The number of hydrogen-bond acceptors (Lipinski definition) is 1. The molecule has 0 fully saturated rings. The summed E-state index contributed by atoms with van der Waals surface area (Å²) in [5.74, 6) is 0. The van der Waals surface area contributed by atoms with Crippen molar-refractivity contribution in [2.24, 2.45) is 0 Å². The standard InChI is InChI=1S/C56H35N3O/c1-3-13-40(14-4-1)57-49-20-10-7-17-42(49)45-31-36(23-27-51(45)57)38-25-29-53-47(33-38)48-34-39(26-30-54(48)59(53)55-35-60-56-22-12-9-19-44(55)56)37-24-28-52-46(32-37)43-18-8-11-21-50(43)58(52)41-15-5-2-6-16-41/h1-35H. The molecular weight excluding hydrogens is 731 g/mol. The SMILES string of the molecule is c1ccc(-n2c3ccccc3c3cc(-c4ccc5c(c4)c4cc(-c6ccc7c(c6)c6ccccc6n7-c6ccccc6)ccc4n5-c4coc5ccccc45)ccc32)cc1. The molecule has 0 saturated heterocycles. The molecule has 0 amide bonds. The van der Waals surface area contributed by atoms with Gasteiger partial charge in [0, 0.05) is 49.1 Å². The van der Waals surface area contributed by atoms with E-state index in [-0.39, 0.29) is 0 Å². The summed E-state index contributed by atoms with van der Waals surface area (Å²) in [4.78, 5) is 0. The summed E-state index contributed by atoms with van der Waals surface area (Å²) in [6, 6.07) is 74.8. The van der Waals surface area contributed by atoms with Gasteiger partial charge in [0.2, 0.25) is 0 Å². The third-order valence-corrected chi connectivity index (χ3v) is 12.5. The summed E-state index contributed by atoms with van der Waals surface area (Å²) < 4.78 is 13.3. The summed E-state index contributed by atoms with van der Waals surface area (Å²) in [7, 11) is 0. The molecule has 0 aliphatic rings. The Morgan fingerprint density at radius 1 is 0.267 bits per heavy atom. The smallest absolute Gasteiger partial charge is 0.136 e. The molecule has 0 unspecified atom stereocenters. The second kappa shape index (κ2) is 12.7. The molecule has 4 aromatic heterocycles. The molecule has 0 saturated carbocycles. The van der Waals surface area contributed by atoms with E-state index in [1.54, 1.807) is 0 Å². The maximum Gasteiger partial charge on any atom is 0.136 e. The van der Waals surface area contributed by atoms with Gasteiger partial charge >= 0.3 is 0 Å². The molecule has 0 N–H and O–H groups in total. The fourth-order valence-electron chi connectivity index (χ4n) is 9.79. The Hall–Kier alpha value is -8.08. The fraction of sp³-hybridized carbons (Fsp3) is 0. The van der Waals surface area contributed by atoms with Gasteiger partial charge in [-0.05, 0) is 119 Å². The molecule has 0 atom stereocenters. The van der Waals surface area contributed by atoms with Crippen LogP contribution >= 0.6 is 0 Å². The van der Waals surface area contributed by atoms with E-state index in [2.05, 4.69) is 208 Å². The van der Waals surface area contributed by atoms with Crippen molar-refractivity contribution >= 4 is 76.4 Å². The van der Waals surface area contributed by atoms with E-state index < -0.39 is 0 Å². The van der Waals surface area contributed by atoms with Gasteiger partial charge in [0.15, 0.2) is 0 Å². The second-order valence-electron chi connectivity index (χ2n) is 15.8. The normalized spacial score (nSPS) is 12.0. The van der Waals surface area contributed by atoms with Gasteiger partial charge in [-0.15, -0.1) is 0 Å². The van der Waals surface area contributed by atoms with Crippen LogP contribution < -0.4 is 0 Å². The number of hydrogen-bond donors (Lipinski definition) is 0. The summed E-state index contributed by atoms with van der Waals surface area (Å²) in [6.07, 6.45) is 1.90. The molecule has 280 valence electrons. The summed E-state index contributed by atoms with van der Waals surface area (Å²) in [5, 5.41) is 8.46. The van der Waals surface area contributed by atoms with Gasteiger partial charge in [0.1, 0.15) is 11.8 Å². The lowest BCUT2D eigenvalue weighted by Gasteiger charge is -2.09. The van der Waals surface area contributed by atoms with Gasteiger partial charge < -0.3 is 18.1 Å². The Morgan fingerprint density at radius 3 is 1.08 bits per heavy atom. The number of para-hydroxylation sites is 5. The highest BCUT2D eigenvalue weighted by molar-refractivity contribution is 6.15. The summed E-state index contributed by atoms with van der Waals surface area (Å²) in [6.45, 7) is 0. The number of furan rings is 1. The maximum absolute atomic E-state index is 6.15. The van der Waals surface area contributed by atoms with Crippen LogP contribution in [0.2, 0.25) is 0 Å². The minimum atomic E-state index is 0.877. The van der Waals surface area contributed by atoms with Gasteiger partial charge in [-0.25, -0.2) is 0 Å². The molecule has 60 heavy (non-hydrogen) atoms. The van der Waals surface area contributed by atoms with Crippen molar-refractivity contribution in [3.8, 4) is 39.3 Å². The molecule has 0 radical (unpaired) electrons. The number of nitrogens with zero attached hydrogens (tertiary/aromatic N) is 3. The monoisotopic (exact) mass is 765 g/mol. The average molecular weight is 766 g/mol. The van der Waals surface area contributed by atoms with E-state index in [4.69, 9.17) is 4.42 Å². The van der Waals surface area contributed by atoms with Crippen molar-refractivity contribution in [1.82, 2.24) is 13.7 Å². The summed E-state index contributed by atoms with van der Waals surface area (Å²) in [5.41, 5.74) is 16.1. The Kier molecular flexibility index (Phi) is 6.98. The van der Waals surface area contributed by atoms with Crippen molar-refractivity contribution in [2.45, 2.75) is 0 Å². The molecule has 0 bridgehead atoms. The van der Waals surface area contributed by atoms with Crippen LogP contribution in [0.5, 0.6) is 0 Å². The van der Waals surface area contributed by atoms with Gasteiger partial charge in [0.05, 0.1) is 38.8 Å². The topological polar surface area (TPSA) is 27.9 Å². The van der Waals surface area contributed by atoms with Crippen LogP contribution in [0, 0.1) is 0 Å². The first-order valence-electron chi connectivity index (χ1n) is 20.5. The van der Waals surface area contributed by atoms with Crippen LogP contribution in [-0.4, -0.2) is 13.7 Å². The molecular formula is C56H35N3O. The van der Waals surface area contributed by atoms with E-state index in [9.17, 15) is 0 Å². The number of aromatic nitrogens is 3. The first-order chi connectivity index (χ1) is 29.8. The Balaban J connectivity index is 1.02. The van der Waals surface area contributed by atoms with E-state index in [0.29, 0.717) is 0 Å². The zero-order chi connectivity index (χ0) is 39.3. The second-order valence-corrected chi connectivity index (χ2v) is 15.8. The van der Waals surface area contributed by atoms with Crippen molar-refractivity contribution in [2.75, 3.05) is 0 Å². The van der Waals surface area contributed by atoms with E-state index in [1.165, 1.54) is 76.6 Å². The number of rotatable bonds is 5. The van der Waals surface area contributed by atoms with Crippen molar-refractivity contribution in [1.29, 1.82) is 0 Å². The van der Waals surface area contributed by atoms with Gasteiger partial charge in [-0.1, -0.05) is 109 Å². The van der Waals surface area contributed by atoms with E-state index in [0.717, 1.165) is 39.1 Å². The molecule has 13 aromatic rings. The Labute approximate surface area is 345 Å². The molecule has 4 heterocycles. The van der Waals surface area contributed by atoms with Crippen LogP contribution in [0.25, 0.3) is 116 Å². The van der Waals surface area contributed by atoms with Crippen LogP contribution in [0.15, 0.2) is 217 Å². The van der Waals surface area contributed by atoms with Gasteiger partial charge in [-0.3, -0.25) is 0 Å². The molecule has 0 spiro atoms. The third kappa shape index (κ3) is 4.79.